The zero-order valence-corrected chi connectivity index (χ0v) is 15.5. The van der Waals surface area contributed by atoms with Crippen LogP contribution in [0.15, 0.2) is 24.3 Å². The van der Waals surface area contributed by atoms with E-state index in [2.05, 4.69) is 20.8 Å². The molecule has 0 radical (unpaired) electrons. The van der Waals surface area contributed by atoms with Crippen LogP contribution in [-0.2, 0) is 27.5 Å². The fourth-order valence-corrected chi connectivity index (χ4v) is 2.27. The number of carbonyl (C=O) groups excluding carboxylic acids is 1. The molecule has 0 saturated heterocycles. The number of hydrogen-bond donors (Lipinski definition) is 2. The minimum absolute atomic E-state index is 0.127. The van der Waals surface area contributed by atoms with Gasteiger partial charge in [0.1, 0.15) is 6.61 Å². The van der Waals surface area contributed by atoms with E-state index in [-0.39, 0.29) is 19.8 Å². The molecule has 5 nitrogen and oxygen atoms in total. The Morgan fingerprint density at radius 2 is 1.80 bits per heavy atom. The van der Waals surface area contributed by atoms with Crippen molar-refractivity contribution in [3.05, 3.63) is 41.0 Å². The Balaban J connectivity index is 2.27. The second-order valence-corrected chi connectivity index (χ2v) is 7.12. The lowest BCUT2D eigenvalue weighted by Gasteiger charge is -2.17. The number of hydrogen-bond acceptors (Lipinski definition) is 5. The van der Waals surface area contributed by atoms with Crippen LogP contribution in [0.25, 0.3) is 6.08 Å². The third kappa shape index (κ3) is 9.39. The molecule has 0 aliphatic rings. The third-order valence-corrected chi connectivity index (χ3v) is 3.67. The molecule has 1 aromatic rings. The second kappa shape index (κ2) is 11.0. The number of aliphatic hydroxyl groups is 2. The molecule has 0 heterocycles. The number of esters is 1. The Labute approximate surface area is 150 Å². The molecule has 0 spiro atoms. The van der Waals surface area contributed by atoms with Crippen molar-refractivity contribution >= 4 is 12.0 Å². The second-order valence-electron chi connectivity index (χ2n) is 7.12. The number of rotatable bonds is 10. The Morgan fingerprint density at radius 1 is 1.08 bits per heavy atom. The summed E-state index contributed by atoms with van der Waals surface area (Å²) in [5, 5.41) is 18.4. The summed E-state index contributed by atoms with van der Waals surface area (Å²) >= 11 is 0. The van der Waals surface area contributed by atoms with Crippen LogP contribution in [0.2, 0.25) is 0 Å². The maximum absolute atomic E-state index is 11.7. The minimum atomic E-state index is -0.435. The van der Waals surface area contributed by atoms with E-state index in [4.69, 9.17) is 14.6 Å². The van der Waals surface area contributed by atoms with E-state index in [1.54, 1.807) is 24.3 Å². The Morgan fingerprint density at radius 3 is 2.44 bits per heavy atom. The topological polar surface area (TPSA) is 76.0 Å². The van der Waals surface area contributed by atoms with Crippen molar-refractivity contribution < 1.29 is 24.5 Å². The quantitative estimate of drug-likeness (QED) is 0.385. The van der Waals surface area contributed by atoms with Gasteiger partial charge < -0.3 is 19.7 Å². The van der Waals surface area contributed by atoms with Crippen molar-refractivity contribution in [1.29, 1.82) is 0 Å². The van der Waals surface area contributed by atoms with Crippen molar-refractivity contribution in [2.24, 2.45) is 5.41 Å². The zero-order valence-electron chi connectivity index (χ0n) is 15.5. The van der Waals surface area contributed by atoms with Gasteiger partial charge in [0.25, 0.3) is 0 Å². The molecule has 0 amide bonds. The summed E-state index contributed by atoms with van der Waals surface area (Å²) in [5.41, 5.74) is 2.38. The smallest absolute Gasteiger partial charge is 0.330 e. The fourth-order valence-electron chi connectivity index (χ4n) is 2.27. The highest BCUT2D eigenvalue weighted by atomic mass is 16.6. The van der Waals surface area contributed by atoms with Gasteiger partial charge in [-0.2, -0.15) is 0 Å². The summed E-state index contributed by atoms with van der Waals surface area (Å²) in [6.45, 7) is 7.59. The van der Waals surface area contributed by atoms with E-state index in [9.17, 15) is 9.90 Å². The molecule has 25 heavy (non-hydrogen) atoms. The Kier molecular flexibility index (Phi) is 9.42. The van der Waals surface area contributed by atoms with Crippen LogP contribution >= 0.6 is 0 Å². The summed E-state index contributed by atoms with van der Waals surface area (Å²) in [4.78, 5) is 11.7. The van der Waals surface area contributed by atoms with Crippen molar-refractivity contribution in [3.63, 3.8) is 0 Å². The highest BCUT2D eigenvalue weighted by Gasteiger charge is 2.08. The van der Waals surface area contributed by atoms with Crippen molar-refractivity contribution in [2.45, 2.75) is 46.8 Å². The molecule has 0 aromatic heterocycles. The van der Waals surface area contributed by atoms with E-state index in [0.717, 1.165) is 18.4 Å². The zero-order chi connectivity index (χ0) is 18.7. The average molecular weight is 350 g/mol. The molecule has 1 aromatic carbocycles. The van der Waals surface area contributed by atoms with E-state index < -0.39 is 5.97 Å². The van der Waals surface area contributed by atoms with Crippen molar-refractivity contribution in [1.82, 2.24) is 0 Å². The summed E-state index contributed by atoms with van der Waals surface area (Å²) in [7, 11) is 0. The van der Waals surface area contributed by atoms with Gasteiger partial charge in [-0.1, -0.05) is 32.9 Å². The molecule has 0 aliphatic heterocycles. The maximum Gasteiger partial charge on any atom is 0.330 e. The molecule has 0 fully saturated rings. The summed E-state index contributed by atoms with van der Waals surface area (Å²) in [5.74, 6) is -0.435. The van der Waals surface area contributed by atoms with Crippen LogP contribution in [0.5, 0.6) is 0 Å². The fraction of sp³-hybridized carbons (Fsp3) is 0.550. The van der Waals surface area contributed by atoms with Crippen LogP contribution in [0.1, 0.15) is 50.3 Å². The van der Waals surface area contributed by atoms with Crippen LogP contribution in [0.3, 0.4) is 0 Å². The van der Waals surface area contributed by atoms with E-state index in [0.29, 0.717) is 29.8 Å². The van der Waals surface area contributed by atoms with Crippen LogP contribution < -0.4 is 0 Å². The van der Waals surface area contributed by atoms with E-state index in [1.165, 1.54) is 6.08 Å². The van der Waals surface area contributed by atoms with Crippen LogP contribution in [0.4, 0.5) is 0 Å². The molecule has 0 aliphatic carbocycles. The van der Waals surface area contributed by atoms with Gasteiger partial charge in [-0.15, -0.1) is 0 Å². The predicted octanol–water partition coefficient (Wildman–Crippen LogP) is 3.07. The van der Waals surface area contributed by atoms with Crippen molar-refractivity contribution in [3.8, 4) is 0 Å². The first-order valence-corrected chi connectivity index (χ1v) is 8.62. The third-order valence-electron chi connectivity index (χ3n) is 3.67. The number of carbonyl (C=O) groups is 1. The van der Waals surface area contributed by atoms with Gasteiger partial charge in [0.05, 0.1) is 19.8 Å². The summed E-state index contributed by atoms with van der Waals surface area (Å²) in [6.07, 6.45) is 5.05. The highest BCUT2D eigenvalue weighted by molar-refractivity contribution is 5.87. The van der Waals surface area contributed by atoms with Gasteiger partial charge in [0.2, 0.25) is 0 Å². The van der Waals surface area contributed by atoms with E-state index >= 15 is 0 Å². The first-order valence-electron chi connectivity index (χ1n) is 8.62. The standard InChI is InChI=1S/C20H30O5/c1-20(2,3)9-4-10-24-11-12-25-19(23)8-6-16-5-7-17(14-21)18(13-16)15-22/h5-8,13,21-22H,4,9-12,14-15H2,1-3H3/b8-6+. The molecule has 140 valence electrons. The Hall–Kier alpha value is -1.69. The molecule has 5 heteroatoms. The molecule has 0 unspecified atom stereocenters. The average Bonchev–Trinajstić information content (AvgIpc) is 2.57. The first kappa shape index (κ1) is 21.4. The summed E-state index contributed by atoms with van der Waals surface area (Å²) in [6, 6.07) is 5.22. The molecule has 0 saturated carbocycles. The molecule has 0 bridgehead atoms. The largest absolute Gasteiger partial charge is 0.460 e. The molecule has 0 atom stereocenters. The van der Waals surface area contributed by atoms with Gasteiger partial charge in [0.15, 0.2) is 0 Å². The van der Waals surface area contributed by atoms with Crippen molar-refractivity contribution in [2.75, 3.05) is 19.8 Å². The number of ether oxygens (including phenoxy) is 2. The molecular weight excluding hydrogens is 320 g/mol. The Bertz CT molecular complexity index is 558. The first-order chi connectivity index (χ1) is 11.9. The SMILES string of the molecule is CC(C)(C)CCCOCCOC(=O)/C=C/c1ccc(CO)c(CO)c1. The minimum Gasteiger partial charge on any atom is -0.460 e. The maximum atomic E-state index is 11.7. The molecule has 2 N–H and O–H groups in total. The lowest BCUT2D eigenvalue weighted by atomic mass is 9.91. The van der Waals surface area contributed by atoms with Gasteiger partial charge in [-0.3, -0.25) is 0 Å². The van der Waals surface area contributed by atoms with Gasteiger partial charge in [-0.25, -0.2) is 4.79 Å². The number of benzene rings is 1. The normalized spacial score (nSPS) is 11.9. The highest BCUT2D eigenvalue weighted by Crippen LogP contribution is 2.20. The van der Waals surface area contributed by atoms with E-state index in [1.807, 2.05) is 0 Å². The van der Waals surface area contributed by atoms with Crippen LogP contribution in [-0.4, -0.2) is 36.0 Å². The molecular formula is C20H30O5. The lowest BCUT2D eigenvalue weighted by Crippen LogP contribution is -2.11. The molecule has 1 rings (SSSR count). The van der Waals surface area contributed by atoms with Gasteiger partial charge >= 0.3 is 5.97 Å². The van der Waals surface area contributed by atoms with Gasteiger partial charge in [-0.05, 0) is 47.1 Å². The summed E-state index contributed by atoms with van der Waals surface area (Å²) < 4.78 is 10.5. The lowest BCUT2D eigenvalue weighted by molar-refractivity contribution is -0.139. The number of aliphatic hydroxyl groups excluding tert-OH is 2. The monoisotopic (exact) mass is 350 g/mol. The predicted molar refractivity (Wildman–Crippen MR) is 97.8 cm³/mol. The van der Waals surface area contributed by atoms with Gasteiger partial charge in [0, 0.05) is 12.7 Å². The van der Waals surface area contributed by atoms with Crippen LogP contribution in [0, 0.1) is 5.41 Å².